The highest BCUT2D eigenvalue weighted by Crippen LogP contribution is 2.27. The molecule has 1 amide bonds. The largest absolute Gasteiger partial charge is 0.505 e. The van der Waals surface area contributed by atoms with Gasteiger partial charge in [0.2, 0.25) is 0 Å². The molecule has 13 heavy (non-hydrogen) atoms. The molecule has 0 aromatic heterocycles. The van der Waals surface area contributed by atoms with Crippen LogP contribution in [0.1, 0.15) is 10.4 Å². The fourth-order valence-electron chi connectivity index (χ4n) is 0.913. The van der Waals surface area contributed by atoms with E-state index in [9.17, 15) is 9.90 Å². The van der Waals surface area contributed by atoms with Gasteiger partial charge in [0.1, 0.15) is 0 Å². The van der Waals surface area contributed by atoms with Crippen LogP contribution in [0.15, 0.2) is 12.1 Å². The summed E-state index contributed by atoms with van der Waals surface area (Å²) in [5.74, 6) is -1.27. The first-order chi connectivity index (χ1) is 6.06. The first-order valence-corrected chi connectivity index (χ1v) is 3.38. The van der Waals surface area contributed by atoms with Gasteiger partial charge >= 0.3 is 0 Å². The van der Waals surface area contributed by atoms with Gasteiger partial charge in [-0.15, -0.1) is 0 Å². The van der Waals surface area contributed by atoms with Gasteiger partial charge in [0.25, 0.3) is 5.91 Å². The van der Waals surface area contributed by atoms with E-state index in [2.05, 4.69) is 0 Å². The van der Waals surface area contributed by atoms with Gasteiger partial charge in [-0.1, -0.05) is 0 Å². The van der Waals surface area contributed by atoms with Crippen LogP contribution < -0.4 is 16.9 Å². The summed E-state index contributed by atoms with van der Waals surface area (Å²) in [7, 11) is 0. The lowest BCUT2D eigenvalue weighted by molar-refractivity contribution is 0.0703. The fraction of sp³-hybridized carbons (Fsp3) is 0. The van der Waals surface area contributed by atoms with E-state index in [1.807, 2.05) is 0 Å². The number of carbonyl (C=O) groups is 1. The number of phenolic OH excluding ortho intramolecular Hbond substituents is 1. The van der Waals surface area contributed by atoms with E-state index in [1.54, 1.807) is 0 Å². The minimum Gasteiger partial charge on any atom is -0.505 e. The van der Waals surface area contributed by atoms with Gasteiger partial charge in [-0.05, 0) is 12.1 Å². The second-order valence-corrected chi connectivity index (χ2v) is 2.45. The van der Waals surface area contributed by atoms with Crippen LogP contribution in [0.3, 0.4) is 0 Å². The Kier molecular flexibility index (Phi) is 2.25. The molecule has 1 aromatic carbocycles. The predicted molar refractivity (Wildman–Crippen MR) is 46.2 cm³/mol. The van der Waals surface area contributed by atoms with Crippen molar-refractivity contribution < 1.29 is 15.1 Å². The number of hydroxylamine groups is 1. The number of aromatic hydroxyl groups is 1. The van der Waals surface area contributed by atoms with Crippen molar-refractivity contribution in [1.82, 2.24) is 5.48 Å². The number of nitrogens with one attached hydrogen (secondary N) is 1. The highest BCUT2D eigenvalue weighted by atomic mass is 16.5. The third-order valence-corrected chi connectivity index (χ3v) is 1.51. The van der Waals surface area contributed by atoms with E-state index < -0.39 is 11.7 Å². The lowest BCUT2D eigenvalue weighted by Gasteiger charge is -2.06. The second-order valence-electron chi connectivity index (χ2n) is 2.45. The summed E-state index contributed by atoms with van der Waals surface area (Å²) in [5.41, 5.74) is 12.1. The highest BCUT2D eigenvalue weighted by molar-refractivity contribution is 5.98. The molecule has 0 aliphatic heterocycles. The number of carbonyl (C=O) groups excluding carboxylic acids is 1. The van der Waals surface area contributed by atoms with Gasteiger partial charge in [0.15, 0.2) is 5.75 Å². The molecule has 1 aromatic rings. The summed E-state index contributed by atoms with van der Waals surface area (Å²) >= 11 is 0. The summed E-state index contributed by atoms with van der Waals surface area (Å²) in [6.45, 7) is 0. The molecule has 70 valence electrons. The maximum atomic E-state index is 10.9. The molecule has 0 heterocycles. The van der Waals surface area contributed by atoms with E-state index in [-0.39, 0.29) is 16.9 Å². The number of hydrogen-bond acceptors (Lipinski definition) is 5. The van der Waals surface area contributed by atoms with Crippen molar-refractivity contribution in [2.45, 2.75) is 0 Å². The first-order valence-electron chi connectivity index (χ1n) is 3.38. The van der Waals surface area contributed by atoms with E-state index >= 15 is 0 Å². The molecule has 0 spiro atoms. The molecule has 1 rings (SSSR count). The molecule has 6 nitrogen and oxygen atoms in total. The molecular formula is C7H9N3O3. The monoisotopic (exact) mass is 183 g/mol. The van der Waals surface area contributed by atoms with Crippen LogP contribution in [-0.2, 0) is 0 Å². The minimum absolute atomic E-state index is 0.0152. The smallest absolute Gasteiger partial charge is 0.278 e. The van der Waals surface area contributed by atoms with Crippen molar-refractivity contribution in [3.63, 3.8) is 0 Å². The Morgan fingerprint density at radius 3 is 2.54 bits per heavy atom. The molecule has 7 N–H and O–H groups in total. The number of anilines is 2. The minimum atomic E-state index is -0.864. The fourth-order valence-corrected chi connectivity index (χ4v) is 0.913. The number of phenols is 1. The second kappa shape index (κ2) is 3.20. The standard InChI is InChI=1S/C7H9N3O3/c8-3-1-4(7(12)10-13)6(11)5(9)2-3/h1-2,11,13H,8-9H2,(H,10,12). The SMILES string of the molecule is Nc1cc(N)c(O)c(C(=O)NO)c1. The maximum absolute atomic E-state index is 10.9. The molecule has 6 heteroatoms. The van der Waals surface area contributed by atoms with Crippen molar-refractivity contribution in [2.75, 3.05) is 11.5 Å². The molecular weight excluding hydrogens is 174 g/mol. The third-order valence-electron chi connectivity index (χ3n) is 1.51. The Morgan fingerprint density at radius 1 is 1.38 bits per heavy atom. The van der Waals surface area contributed by atoms with Gasteiger partial charge in [-0.2, -0.15) is 0 Å². The molecule has 0 radical (unpaired) electrons. The summed E-state index contributed by atoms with van der Waals surface area (Å²) in [5, 5.41) is 17.6. The average Bonchev–Trinajstić information content (AvgIpc) is 2.10. The Balaban J connectivity index is 3.28. The van der Waals surface area contributed by atoms with Gasteiger partial charge in [-0.25, -0.2) is 5.48 Å². The summed E-state index contributed by atoms with van der Waals surface area (Å²) in [6.07, 6.45) is 0. The van der Waals surface area contributed by atoms with Crippen molar-refractivity contribution in [3.8, 4) is 5.75 Å². The lowest BCUT2D eigenvalue weighted by Crippen LogP contribution is -2.19. The first kappa shape index (κ1) is 9.14. The predicted octanol–water partition coefficient (Wildman–Crippen LogP) is -0.324. The van der Waals surface area contributed by atoms with Crippen molar-refractivity contribution >= 4 is 17.3 Å². The molecule has 0 aliphatic rings. The summed E-state index contributed by atoms with van der Waals surface area (Å²) in [6, 6.07) is 2.51. The maximum Gasteiger partial charge on any atom is 0.278 e. The van der Waals surface area contributed by atoms with Crippen molar-refractivity contribution in [1.29, 1.82) is 0 Å². The number of nitrogens with two attached hydrogens (primary N) is 2. The highest BCUT2D eigenvalue weighted by Gasteiger charge is 2.13. The third kappa shape index (κ3) is 1.62. The van der Waals surface area contributed by atoms with Gasteiger partial charge in [0, 0.05) is 5.69 Å². The van der Waals surface area contributed by atoms with Gasteiger partial charge in [0.05, 0.1) is 11.3 Å². The van der Waals surface area contributed by atoms with Gasteiger partial charge in [-0.3, -0.25) is 10.0 Å². The van der Waals surface area contributed by atoms with Crippen LogP contribution in [0.25, 0.3) is 0 Å². The Morgan fingerprint density at radius 2 is 2.00 bits per heavy atom. The van der Waals surface area contributed by atoms with E-state index in [0.717, 1.165) is 0 Å². The number of rotatable bonds is 1. The van der Waals surface area contributed by atoms with Crippen LogP contribution in [0.2, 0.25) is 0 Å². The van der Waals surface area contributed by atoms with Crippen LogP contribution in [0.5, 0.6) is 5.75 Å². The van der Waals surface area contributed by atoms with Gasteiger partial charge < -0.3 is 16.6 Å². The zero-order valence-electron chi connectivity index (χ0n) is 6.61. The van der Waals surface area contributed by atoms with Crippen LogP contribution >= 0.6 is 0 Å². The van der Waals surface area contributed by atoms with Crippen molar-refractivity contribution in [2.24, 2.45) is 0 Å². The lowest BCUT2D eigenvalue weighted by atomic mass is 10.1. The van der Waals surface area contributed by atoms with E-state index in [1.165, 1.54) is 17.6 Å². The van der Waals surface area contributed by atoms with Crippen molar-refractivity contribution in [3.05, 3.63) is 17.7 Å². The van der Waals surface area contributed by atoms with Crippen LogP contribution in [0.4, 0.5) is 11.4 Å². The normalized spacial score (nSPS) is 9.62. The molecule has 0 saturated carbocycles. The quantitative estimate of drug-likeness (QED) is 0.134. The van der Waals surface area contributed by atoms with E-state index in [4.69, 9.17) is 16.7 Å². The molecule has 0 unspecified atom stereocenters. The van der Waals surface area contributed by atoms with Crippen LogP contribution in [-0.4, -0.2) is 16.2 Å². The number of amides is 1. The molecule has 0 bridgehead atoms. The van der Waals surface area contributed by atoms with E-state index in [0.29, 0.717) is 0 Å². The van der Waals surface area contributed by atoms with Crippen LogP contribution in [0, 0.1) is 0 Å². The Hall–Kier alpha value is -1.95. The zero-order valence-corrected chi connectivity index (χ0v) is 6.61. The topological polar surface area (TPSA) is 122 Å². The number of benzene rings is 1. The number of hydrogen-bond donors (Lipinski definition) is 5. The Bertz CT molecular complexity index is 351. The molecule has 0 aliphatic carbocycles. The Labute approximate surface area is 73.7 Å². The summed E-state index contributed by atoms with van der Waals surface area (Å²) < 4.78 is 0. The number of nitrogen functional groups attached to an aromatic ring is 2. The molecule has 0 saturated heterocycles. The molecule has 0 fully saturated rings. The molecule has 0 atom stereocenters. The average molecular weight is 183 g/mol. The summed E-state index contributed by atoms with van der Waals surface area (Å²) in [4.78, 5) is 10.9. The zero-order chi connectivity index (χ0) is 10.0.